The molecule has 2 atom stereocenters. The van der Waals surface area contributed by atoms with Crippen molar-refractivity contribution in [3.05, 3.63) is 78.7 Å². The van der Waals surface area contributed by atoms with Crippen LogP contribution in [0.3, 0.4) is 0 Å². The van der Waals surface area contributed by atoms with Gasteiger partial charge < -0.3 is 20.2 Å². The van der Waals surface area contributed by atoms with Crippen molar-refractivity contribution in [1.29, 1.82) is 0 Å². The van der Waals surface area contributed by atoms with Gasteiger partial charge in [0.2, 0.25) is 0 Å². The molecule has 0 bridgehead atoms. The summed E-state index contributed by atoms with van der Waals surface area (Å²) in [5, 5.41) is 19.1. The Labute approximate surface area is 284 Å². The first-order valence-electron chi connectivity index (χ1n) is 14.9. The van der Waals surface area contributed by atoms with Crippen LogP contribution in [0.4, 0.5) is 26.3 Å². The normalized spacial score (nSPS) is 18.4. The van der Waals surface area contributed by atoms with E-state index >= 15 is 0 Å². The fraction of sp³-hybridized carbons (Fsp3) is 0.471. The number of nitrogens with zero attached hydrogens (tertiary/aromatic N) is 4. The number of aliphatic imine (C=N–C) groups is 2. The zero-order valence-corrected chi connectivity index (χ0v) is 31.3. The maximum Gasteiger partial charge on any atom is 2.00 e. The minimum atomic E-state index is -4.71. The van der Waals surface area contributed by atoms with E-state index in [1.165, 1.54) is 13.8 Å². The molecule has 47 heavy (non-hydrogen) atoms. The van der Waals surface area contributed by atoms with Crippen molar-refractivity contribution in [3.63, 3.8) is 0 Å². The number of aryl methyl sites for hydroxylation is 2. The summed E-state index contributed by atoms with van der Waals surface area (Å²) in [6.07, 6.45) is -9.36. The molecule has 4 rings (SSSR count). The number of aliphatic hydroxyl groups excluding tert-OH is 2. The molecule has 2 aromatic rings. The molecule has 0 aliphatic carbocycles. The summed E-state index contributed by atoms with van der Waals surface area (Å²) in [6, 6.07) is 0. The summed E-state index contributed by atoms with van der Waals surface area (Å²) in [5.74, 6) is 0. The largest absolute Gasteiger partial charge is 2.00 e. The van der Waals surface area contributed by atoms with Crippen molar-refractivity contribution < 1.29 is 56.0 Å². The van der Waals surface area contributed by atoms with Crippen molar-refractivity contribution in [3.8, 4) is 0 Å². The maximum atomic E-state index is 12.8. The van der Waals surface area contributed by atoms with E-state index in [0.29, 0.717) is 33.9 Å². The van der Waals surface area contributed by atoms with Gasteiger partial charge in [0, 0.05) is 22.6 Å². The molecule has 2 N–H and O–H groups in total. The third-order valence-corrected chi connectivity index (χ3v) is 8.48. The molecule has 0 spiro atoms. The van der Waals surface area contributed by atoms with Crippen LogP contribution in [0, 0.1) is 27.7 Å². The fourth-order valence-corrected chi connectivity index (χ4v) is 5.98. The second-order valence-corrected chi connectivity index (χ2v) is 11.5. The van der Waals surface area contributed by atoms with Gasteiger partial charge in [-0.3, -0.25) is 9.98 Å². The van der Waals surface area contributed by atoms with Gasteiger partial charge >= 0.3 is 31.8 Å². The second kappa shape index (κ2) is 15.0. The molecule has 0 radical (unpaired) electrons. The fourth-order valence-electron chi connectivity index (χ4n) is 5.98. The van der Waals surface area contributed by atoms with E-state index in [-0.39, 0.29) is 42.0 Å². The van der Waals surface area contributed by atoms with Crippen LogP contribution in [-0.4, -0.2) is 46.2 Å². The Kier molecular flexibility index (Phi) is 12.8. The van der Waals surface area contributed by atoms with Gasteiger partial charge in [0.25, 0.3) is 0 Å². The van der Waals surface area contributed by atoms with Gasteiger partial charge in [-0.05, 0) is 65.5 Å². The molecule has 13 heteroatoms. The van der Waals surface area contributed by atoms with Gasteiger partial charge in [0.05, 0.1) is 11.4 Å². The molecule has 2 aromatic heterocycles. The van der Waals surface area contributed by atoms with E-state index in [4.69, 9.17) is 0 Å². The van der Waals surface area contributed by atoms with Crippen LogP contribution in [0.2, 0.25) is 0 Å². The third-order valence-electron chi connectivity index (χ3n) is 8.48. The minimum Gasteiger partial charge on any atom is -0.661 e. The average Bonchev–Trinajstić information content (AvgIpc) is 3.58. The van der Waals surface area contributed by atoms with Crippen molar-refractivity contribution in [2.45, 2.75) is 107 Å². The Balaban J connectivity index is 0.000000320. The molecular weight excluding hydrogens is 676 g/mol. The van der Waals surface area contributed by atoms with Gasteiger partial charge in [-0.1, -0.05) is 62.1 Å². The van der Waals surface area contributed by atoms with Gasteiger partial charge in [-0.15, -0.1) is 11.4 Å². The first kappa shape index (κ1) is 40.2. The summed E-state index contributed by atoms with van der Waals surface area (Å²) >= 11 is 0. The summed E-state index contributed by atoms with van der Waals surface area (Å²) in [5.41, 5.74) is 9.17. The Morgan fingerprint density at radius 2 is 0.915 bits per heavy atom. The van der Waals surface area contributed by atoms with Gasteiger partial charge in [-0.25, -0.2) is 0 Å². The summed E-state index contributed by atoms with van der Waals surface area (Å²) in [6.45, 7) is 17.8. The number of aliphatic hydroxyl groups is 2. The zero-order chi connectivity index (χ0) is 35.0. The van der Waals surface area contributed by atoms with Gasteiger partial charge in [0.1, 0.15) is 0 Å². The number of aromatic nitrogens is 2. The van der Waals surface area contributed by atoms with Crippen LogP contribution < -0.4 is 9.97 Å². The number of allylic oxidation sites excluding steroid dienone is 2. The Morgan fingerprint density at radius 3 is 1.15 bits per heavy atom. The number of hydrogen-bond donors (Lipinski definition) is 2. The molecule has 0 saturated carbocycles. The summed E-state index contributed by atoms with van der Waals surface area (Å²) in [7, 11) is 0. The number of halogens is 6. The summed E-state index contributed by atoms with van der Waals surface area (Å²) < 4.78 is 76.8. The molecule has 0 saturated heterocycles. The molecule has 2 aliphatic rings. The van der Waals surface area contributed by atoms with Crippen LogP contribution in [0.25, 0.3) is 12.2 Å². The number of hydrogen-bond acceptors (Lipinski definition) is 4. The molecular formula is C34H40F6N4O2Zn. The van der Waals surface area contributed by atoms with Gasteiger partial charge in [-0.2, -0.15) is 37.7 Å². The predicted molar refractivity (Wildman–Crippen MR) is 169 cm³/mol. The number of rotatable bonds is 6. The molecule has 2 unspecified atom stereocenters. The molecule has 0 fully saturated rings. The van der Waals surface area contributed by atoms with E-state index in [1.54, 1.807) is 26.0 Å². The van der Waals surface area contributed by atoms with Crippen molar-refractivity contribution in [2.24, 2.45) is 9.98 Å². The molecule has 252 valence electrons. The third kappa shape index (κ3) is 8.35. The van der Waals surface area contributed by atoms with Crippen LogP contribution in [0.1, 0.15) is 86.6 Å². The molecule has 0 aromatic carbocycles. The van der Waals surface area contributed by atoms with E-state index in [1.807, 2.05) is 41.5 Å². The van der Waals surface area contributed by atoms with E-state index in [0.717, 1.165) is 46.5 Å². The van der Waals surface area contributed by atoms with Crippen LogP contribution in [-0.2, 0) is 32.3 Å². The topological polar surface area (TPSA) is 93.4 Å². The molecule has 4 heterocycles. The molecule has 0 amide bonds. The maximum absolute atomic E-state index is 12.8. The first-order valence-corrected chi connectivity index (χ1v) is 14.9. The van der Waals surface area contributed by atoms with E-state index in [2.05, 4.69) is 20.0 Å². The SMILES string of the molecule is CCc1c(C)[n-]c(/C=C2\N=C(C)C(C(O)C(F)(F)F)=C2C)c1C.CCc1c(C)[n-]c(/C=C2\N=C(C)C(C(O)C(F)(F)F)=C2C)c1C.[Zn+2]. The monoisotopic (exact) mass is 714 g/mol. The Hall–Kier alpha value is -3.02. The molecule has 6 nitrogen and oxygen atoms in total. The summed E-state index contributed by atoms with van der Waals surface area (Å²) in [4.78, 5) is 17.3. The quantitative estimate of drug-likeness (QED) is 0.236. The standard InChI is InChI=1S/2C17H20F3N2O.Zn/c2*1-6-12-8(2)13(21-10(12)4)7-14-9(3)15(11(5)22-14)16(23)17(18,19)20;/h2*7,16,23H,6H2,1-5H3;/q2*-1;+2/b2*14-7-;. The first-order chi connectivity index (χ1) is 21.1. The van der Waals surface area contributed by atoms with Gasteiger partial charge in [0.15, 0.2) is 12.2 Å². The smallest absolute Gasteiger partial charge is 0.661 e. The average molecular weight is 716 g/mol. The predicted octanol–water partition coefficient (Wildman–Crippen LogP) is 7.75. The van der Waals surface area contributed by atoms with E-state index < -0.39 is 24.6 Å². The van der Waals surface area contributed by atoms with E-state index in [9.17, 15) is 36.6 Å². The second-order valence-electron chi connectivity index (χ2n) is 11.5. The van der Waals surface area contributed by atoms with Crippen LogP contribution >= 0.6 is 0 Å². The number of alkyl halides is 6. The zero-order valence-electron chi connectivity index (χ0n) is 28.4. The van der Waals surface area contributed by atoms with Crippen molar-refractivity contribution >= 4 is 23.6 Å². The Bertz CT molecular complexity index is 1570. The van der Waals surface area contributed by atoms with Crippen LogP contribution in [0.5, 0.6) is 0 Å². The Morgan fingerprint density at radius 1 is 0.617 bits per heavy atom. The molecule has 2 aliphatic heterocycles. The minimum absolute atomic E-state index is 0. The van der Waals surface area contributed by atoms with Crippen LogP contribution in [0.15, 0.2) is 43.7 Å². The van der Waals surface area contributed by atoms with Crippen molar-refractivity contribution in [2.75, 3.05) is 0 Å². The van der Waals surface area contributed by atoms with Crippen molar-refractivity contribution in [1.82, 2.24) is 9.97 Å².